The predicted octanol–water partition coefficient (Wildman–Crippen LogP) is 4.42. The summed E-state index contributed by atoms with van der Waals surface area (Å²) in [5.74, 6) is 1.15. The van der Waals surface area contributed by atoms with Crippen LogP contribution in [0.5, 0.6) is 0 Å². The quantitative estimate of drug-likeness (QED) is 0.613. The van der Waals surface area contributed by atoms with Crippen LogP contribution in [0, 0.1) is 19.3 Å². The smallest absolute Gasteiger partial charge is 0.279 e. The van der Waals surface area contributed by atoms with Gasteiger partial charge in [-0.1, -0.05) is 25.9 Å². The summed E-state index contributed by atoms with van der Waals surface area (Å²) in [6, 6.07) is 4.33. The first-order valence-electron chi connectivity index (χ1n) is 11.0. The van der Waals surface area contributed by atoms with Crippen molar-refractivity contribution < 1.29 is 4.52 Å². The molecule has 1 aromatic carbocycles. The van der Waals surface area contributed by atoms with Crippen molar-refractivity contribution in [3.8, 4) is 23.0 Å². The van der Waals surface area contributed by atoms with Crippen LogP contribution < -0.4 is 5.32 Å². The van der Waals surface area contributed by atoms with E-state index in [0.717, 1.165) is 50.0 Å². The second-order valence-electron chi connectivity index (χ2n) is 9.35. The van der Waals surface area contributed by atoms with Gasteiger partial charge >= 0.3 is 0 Å². The molecule has 0 radical (unpaired) electrons. The minimum Gasteiger partial charge on any atom is -0.332 e. The van der Waals surface area contributed by atoms with Crippen molar-refractivity contribution in [2.24, 2.45) is 12.5 Å². The SMILES string of the molecule is CCNCCc1c(C)cc(-c2noc(-c3nn(C)c4c3CCC(C)(C)C4)n2)cc1C. The molecule has 3 aromatic rings. The minimum absolute atomic E-state index is 0.307. The Morgan fingerprint density at radius 3 is 2.63 bits per heavy atom. The molecule has 1 aliphatic carbocycles. The third-order valence-corrected chi connectivity index (χ3v) is 6.36. The Kier molecular flexibility index (Phi) is 5.53. The fourth-order valence-electron chi connectivity index (χ4n) is 4.61. The summed E-state index contributed by atoms with van der Waals surface area (Å²) in [5, 5.41) is 12.4. The molecule has 0 saturated heterocycles. The van der Waals surface area contributed by atoms with E-state index in [9.17, 15) is 0 Å². The van der Waals surface area contributed by atoms with Crippen LogP contribution in [-0.2, 0) is 26.3 Å². The van der Waals surface area contributed by atoms with Crippen molar-refractivity contribution >= 4 is 0 Å². The molecule has 0 aliphatic heterocycles. The van der Waals surface area contributed by atoms with E-state index in [0.29, 0.717) is 17.1 Å². The fraction of sp³-hybridized carbons (Fsp3) is 0.542. The lowest BCUT2D eigenvalue weighted by Gasteiger charge is -2.29. The molecule has 2 heterocycles. The zero-order chi connectivity index (χ0) is 21.5. The van der Waals surface area contributed by atoms with Gasteiger partial charge in [0.05, 0.1) is 0 Å². The maximum atomic E-state index is 5.68. The number of benzene rings is 1. The van der Waals surface area contributed by atoms with E-state index in [2.05, 4.69) is 57.2 Å². The van der Waals surface area contributed by atoms with E-state index in [1.807, 2.05) is 11.7 Å². The fourth-order valence-corrected chi connectivity index (χ4v) is 4.61. The van der Waals surface area contributed by atoms with Crippen molar-refractivity contribution in [2.45, 2.75) is 60.3 Å². The number of nitrogens with zero attached hydrogens (tertiary/aromatic N) is 4. The lowest BCUT2D eigenvalue weighted by Crippen LogP contribution is -2.23. The topological polar surface area (TPSA) is 68.8 Å². The van der Waals surface area contributed by atoms with Gasteiger partial charge in [-0.25, -0.2) is 0 Å². The molecule has 4 rings (SSSR count). The summed E-state index contributed by atoms with van der Waals surface area (Å²) in [6.45, 7) is 13.1. The Bertz CT molecular complexity index is 1040. The first-order valence-corrected chi connectivity index (χ1v) is 11.0. The standard InChI is InChI=1S/C24H33N5O/c1-7-25-11-9-18-15(2)12-17(13-16(18)3)22-26-23(30-28-22)21-19-8-10-24(4,5)14-20(19)29(6)27-21/h12-13,25H,7-11,14H2,1-6H3. The lowest BCUT2D eigenvalue weighted by atomic mass is 9.76. The first kappa shape index (κ1) is 20.8. The van der Waals surface area contributed by atoms with E-state index < -0.39 is 0 Å². The van der Waals surface area contributed by atoms with Crippen LogP contribution in [0.15, 0.2) is 16.7 Å². The zero-order valence-corrected chi connectivity index (χ0v) is 19.1. The molecule has 6 heteroatoms. The summed E-state index contributed by atoms with van der Waals surface area (Å²) in [6.07, 6.45) is 4.20. The summed E-state index contributed by atoms with van der Waals surface area (Å²) in [4.78, 5) is 4.73. The number of aryl methyl sites for hydroxylation is 3. The molecular formula is C24H33N5O. The van der Waals surface area contributed by atoms with Crippen LogP contribution in [0.1, 0.15) is 55.1 Å². The number of hydrogen-bond acceptors (Lipinski definition) is 5. The Hall–Kier alpha value is -2.47. The number of aromatic nitrogens is 4. The maximum Gasteiger partial charge on any atom is 0.279 e. The predicted molar refractivity (Wildman–Crippen MR) is 119 cm³/mol. The molecule has 1 aliphatic rings. The average Bonchev–Trinajstić information content (AvgIpc) is 3.28. The van der Waals surface area contributed by atoms with E-state index in [-0.39, 0.29) is 0 Å². The summed E-state index contributed by atoms with van der Waals surface area (Å²) < 4.78 is 7.67. The summed E-state index contributed by atoms with van der Waals surface area (Å²) in [5.41, 5.74) is 8.64. The number of fused-ring (bicyclic) bond motifs is 1. The van der Waals surface area contributed by atoms with Crippen molar-refractivity contribution in [3.63, 3.8) is 0 Å². The van der Waals surface area contributed by atoms with Crippen molar-refractivity contribution in [1.29, 1.82) is 0 Å². The Morgan fingerprint density at radius 1 is 1.20 bits per heavy atom. The normalized spacial score (nSPS) is 15.4. The summed E-state index contributed by atoms with van der Waals surface area (Å²) >= 11 is 0. The van der Waals surface area contributed by atoms with Crippen LogP contribution in [0.2, 0.25) is 0 Å². The monoisotopic (exact) mass is 407 g/mol. The highest BCUT2D eigenvalue weighted by Crippen LogP contribution is 2.38. The molecule has 0 spiro atoms. The van der Waals surface area contributed by atoms with E-state index in [4.69, 9.17) is 14.6 Å². The second-order valence-corrected chi connectivity index (χ2v) is 9.35. The molecule has 6 nitrogen and oxygen atoms in total. The molecule has 2 aromatic heterocycles. The van der Waals surface area contributed by atoms with Crippen LogP contribution >= 0.6 is 0 Å². The highest BCUT2D eigenvalue weighted by molar-refractivity contribution is 5.63. The molecule has 0 saturated carbocycles. The van der Waals surface area contributed by atoms with E-state index >= 15 is 0 Å². The van der Waals surface area contributed by atoms with Crippen LogP contribution in [-0.4, -0.2) is 33.0 Å². The van der Waals surface area contributed by atoms with E-state index in [1.165, 1.54) is 27.9 Å². The van der Waals surface area contributed by atoms with Gasteiger partial charge in [0.15, 0.2) is 5.69 Å². The van der Waals surface area contributed by atoms with Gasteiger partial charge in [0.2, 0.25) is 5.82 Å². The van der Waals surface area contributed by atoms with E-state index in [1.54, 1.807) is 0 Å². The van der Waals surface area contributed by atoms with Gasteiger partial charge in [0.1, 0.15) is 0 Å². The Labute approximate surface area is 179 Å². The third-order valence-electron chi connectivity index (χ3n) is 6.36. The van der Waals surface area contributed by atoms with Crippen LogP contribution in [0.3, 0.4) is 0 Å². The number of likely N-dealkylation sites (N-methyl/N-ethyl adjacent to an activating group) is 1. The zero-order valence-electron chi connectivity index (χ0n) is 19.1. The minimum atomic E-state index is 0.307. The molecule has 0 bridgehead atoms. The molecule has 30 heavy (non-hydrogen) atoms. The molecule has 160 valence electrons. The van der Waals surface area contributed by atoms with Crippen LogP contribution in [0.4, 0.5) is 0 Å². The van der Waals surface area contributed by atoms with Crippen molar-refractivity contribution in [1.82, 2.24) is 25.2 Å². The van der Waals surface area contributed by atoms with Gasteiger partial charge in [-0.05, 0) is 86.9 Å². The van der Waals surface area contributed by atoms with Gasteiger partial charge < -0.3 is 9.84 Å². The number of hydrogen-bond donors (Lipinski definition) is 1. The Balaban J connectivity index is 1.63. The third kappa shape index (κ3) is 3.93. The van der Waals surface area contributed by atoms with Crippen molar-refractivity contribution in [2.75, 3.05) is 13.1 Å². The highest BCUT2D eigenvalue weighted by Gasteiger charge is 2.32. The second kappa shape index (κ2) is 7.99. The molecule has 0 fully saturated rings. The maximum absolute atomic E-state index is 5.68. The molecule has 0 unspecified atom stereocenters. The van der Waals surface area contributed by atoms with Gasteiger partial charge in [-0.3, -0.25) is 4.68 Å². The molecule has 0 atom stereocenters. The largest absolute Gasteiger partial charge is 0.332 e. The number of rotatable bonds is 6. The summed E-state index contributed by atoms with van der Waals surface area (Å²) in [7, 11) is 2.01. The van der Waals surface area contributed by atoms with Crippen LogP contribution in [0.25, 0.3) is 23.0 Å². The average molecular weight is 408 g/mol. The highest BCUT2D eigenvalue weighted by atomic mass is 16.5. The van der Waals surface area contributed by atoms with Gasteiger partial charge in [-0.15, -0.1) is 0 Å². The van der Waals surface area contributed by atoms with Gasteiger partial charge in [0, 0.05) is 23.9 Å². The van der Waals surface area contributed by atoms with Crippen molar-refractivity contribution in [3.05, 3.63) is 40.1 Å². The lowest BCUT2D eigenvalue weighted by molar-refractivity contribution is 0.306. The molecular weight excluding hydrogens is 374 g/mol. The molecule has 1 N–H and O–H groups in total. The number of nitrogens with one attached hydrogen (secondary N) is 1. The van der Waals surface area contributed by atoms with Gasteiger partial charge in [0.25, 0.3) is 5.89 Å². The molecule has 0 amide bonds. The Morgan fingerprint density at radius 2 is 1.93 bits per heavy atom. The van der Waals surface area contributed by atoms with Gasteiger partial charge in [-0.2, -0.15) is 10.1 Å². The first-order chi connectivity index (χ1) is 14.3.